The summed E-state index contributed by atoms with van der Waals surface area (Å²) < 4.78 is 10.1. The first-order chi connectivity index (χ1) is 12.2. The Labute approximate surface area is 151 Å². The molecular formula is C19H21NO4S. The van der Waals surface area contributed by atoms with E-state index in [-0.39, 0.29) is 12.5 Å². The zero-order valence-electron chi connectivity index (χ0n) is 14.0. The van der Waals surface area contributed by atoms with Gasteiger partial charge in [0, 0.05) is 18.6 Å². The van der Waals surface area contributed by atoms with Gasteiger partial charge in [-0.3, -0.25) is 9.59 Å². The largest absolute Gasteiger partial charge is 0.454 e. The zero-order valence-corrected chi connectivity index (χ0v) is 14.8. The second kappa shape index (κ2) is 10.5. The van der Waals surface area contributed by atoms with Crippen molar-refractivity contribution >= 4 is 23.6 Å². The van der Waals surface area contributed by atoms with E-state index in [9.17, 15) is 9.59 Å². The number of esters is 1. The molecule has 25 heavy (non-hydrogen) atoms. The third-order valence-corrected chi connectivity index (χ3v) is 4.53. The summed E-state index contributed by atoms with van der Waals surface area (Å²) in [7, 11) is 1.55. The molecule has 0 aliphatic rings. The number of carbonyl (C=O) groups excluding carboxylic acids is 2. The predicted molar refractivity (Wildman–Crippen MR) is 97.3 cm³/mol. The lowest BCUT2D eigenvalue weighted by molar-refractivity contribution is -0.148. The van der Waals surface area contributed by atoms with Crippen LogP contribution in [-0.4, -0.2) is 38.7 Å². The van der Waals surface area contributed by atoms with Crippen molar-refractivity contribution in [2.45, 2.75) is 10.1 Å². The Bertz CT molecular complexity index is 664. The van der Waals surface area contributed by atoms with E-state index in [0.717, 1.165) is 10.5 Å². The molecule has 1 N–H and O–H groups in total. The van der Waals surface area contributed by atoms with Crippen molar-refractivity contribution in [2.75, 3.05) is 26.9 Å². The van der Waals surface area contributed by atoms with Crippen LogP contribution in [0.2, 0.25) is 0 Å². The summed E-state index contributed by atoms with van der Waals surface area (Å²) in [6, 6.07) is 19.0. The molecule has 0 unspecified atom stereocenters. The fourth-order valence-electron chi connectivity index (χ4n) is 2.07. The Kier molecular flexibility index (Phi) is 8.01. The normalized spacial score (nSPS) is 11.6. The summed E-state index contributed by atoms with van der Waals surface area (Å²) in [6.45, 7) is 0.491. The number of carbonyl (C=O) groups is 2. The molecule has 2 aromatic rings. The van der Waals surface area contributed by atoms with Crippen molar-refractivity contribution in [3.8, 4) is 0 Å². The number of thioether (sulfide) groups is 1. The van der Waals surface area contributed by atoms with E-state index in [1.54, 1.807) is 7.11 Å². The molecule has 2 rings (SSSR count). The van der Waals surface area contributed by atoms with Crippen LogP contribution in [0.1, 0.15) is 10.8 Å². The van der Waals surface area contributed by atoms with Crippen LogP contribution < -0.4 is 5.32 Å². The number of benzene rings is 2. The van der Waals surface area contributed by atoms with Crippen LogP contribution in [0, 0.1) is 0 Å². The van der Waals surface area contributed by atoms with Crippen LogP contribution in [0.25, 0.3) is 0 Å². The van der Waals surface area contributed by atoms with E-state index >= 15 is 0 Å². The summed E-state index contributed by atoms with van der Waals surface area (Å²) in [5.74, 6) is -0.788. The first-order valence-corrected chi connectivity index (χ1v) is 8.77. The van der Waals surface area contributed by atoms with Crippen LogP contribution in [0.3, 0.4) is 0 Å². The molecule has 0 bridgehead atoms. The van der Waals surface area contributed by atoms with Gasteiger partial charge in [0.05, 0.1) is 6.61 Å². The van der Waals surface area contributed by atoms with Crippen molar-refractivity contribution in [3.05, 3.63) is 66.2 Å². The molecule has 0 heterocycles. The summed E-state index contributed by atoms with van der Waals surface area (Å²) in [6.07, 6.45) is 0. The molecule has 1 amide bonds. The van der Waals surface area contributed by atoms with Crippen LogP contribution in [0.5, 0.6) is 0 Å². The van der Waals surface area contributed by atoms with E-state index < -0.39 is 11.2 Å². The number of methoxy groups -OCH3 is 1. The first-order valence-electron chi connectivity index (χ1n) is 7.89. The zero-order chi connectivity index (χ0) is 17.9. The highest BCUT2D eigenvalue weighted by Crippen LogP contribution is 2.36. The lowest BCUT2D eigenvalue weighted by Gasteiger charge is -2.16. The molecule has 0 fully saturated rings. The third-order valence-electron chi connectivity index (χ3n) is 3.29. The average Bonchev–Trinajstić information content (AvgIpc) is 2.66. The molecule has 0 aliphatic carbocycles. The Morgan fingerprint density at radius 3 is 2.32 bits per heavy atom. The fraction of sp³-hybridized carbons (Fsp3) is 0.263. The number of rotatable bonds is 9. The number of amides is 1. The number of ether oxygens (including phenoxy) is 2. The number of hydrogen-bond acceptors (Lipinski definition) is 5. The Morgan fingerprint density at radius 1 is 1.04 bits per heavy atom. The van der Waals surface area contributed by atoms with Gasteiger partial charge >= 0.3 is 5.97 Å². The van der Waals surface area contributed by atoms with Crippen molar-refractivity contribution in [2.24, 2.45) is 0 Å². The van der Waals surface area contributed by atoms with Crippen LogP contribution in [-0.2, 0) is 19.1 Å². The Balaban J connectivity index is 2.00. The van der Waals surface area contributed by atoms with Gasteiger partial charge in [-0.05, 0) is 17.7 Å². The Hall–Kier alpha value is -2.31. The maximum absolute atomic E-state index is 12.5. The summed E-state index contributed by atoms with van der Waals surface area (Å²) in [5.41, 5.74) is 0.834. The van der Waals surface area contributed by atoms with Gasteiger partial charge in [-0.25, -0.2) is 0 Å². The average molecular weight is 359 g/mol. The predicted octanol–water partition coefficient (Wildman–Crippen LogP) is 2.83. The maximum atomic E-state index is 12.5. The van der Waals surface area contributed by atoms with Gasteiger partial charge in [-0.15, -0.1) is 11.8 Å². The third kappa shape index (κ3) is 6.60. The SMILES string of the molecule is COCCNC(=O)COC(=O)[C@H](Sc1ccccc1)c1ccccc1. The summed E-state index contributed by atoms with van der Waals surface area (Å²) in [4.78, 5) is 25.2. The highest BCUT2D eigenvalue weighted by molar-refractivity contribution is 8.00. The van der Waals surface area contributed by atoms with Crippen molar-refractivity contribution < 1.29 is 19.1 Å². The number of hydrogen-bond donors (Lipinski definition) is 1. The molecule has 0 spiro atoms. The topological polar surface area (TPSA) is 64.6 Å². The molecule has 0 radical (unpaired) electrons. The lowest BCUT2D eigenvalue weighted by atomic mass is 10.1. The molecule has 6 heteroatoms. The molecule has 0 saturated carbocycles. The van der Waals surface area contributed by atoms with Crippen molar-refractivity contribution in [1.82, 2.24) is 5.32 Å². The van der Waals surface area contributed by atoms with Crippen LogP contribution in [0.4, 0.5) is 0 Å². The molecular weight excluding hydrogens is 338 g/mol. The number of nitrogens with one attached hydrogen (secondary N) is 1. The van der Waals surface area contributed by atoms with E-state index in [1.807, 2.05) is 60.7 Å². The molecule has 0 aliphatic heterocycles. The van der Waals surface area contributed by atoms with E-state index in [0.29, 0.717) is 13.2 Å². The molecule has 1 atom stereocenters. The molecule has 0 saturated heterocycles. The summed E-state index contributed by atoms with van der Waals surface area (Å²) in [5, 5.41) is 2.09. The molecule has 5 nitrogen and oxygen atoms in total. The molecule has 0 aromatic heterocycles. The van der Waals surface area contributed by atoms with Crippen molar-refractivity contribution in [1.29, 1.82) is 0 Å². The molecule has 2 aromatic carbocycles. The second-order valence-electron chi connectivity index (χ2n) is 5.17. The second-order valence-corrected chi connectivity index (χ2v) is 6.35. The van der Waals surface area contributed by atoms with Gasteiger partial charge in [-0.1, -0.05) is 48.5 Å². The smallest absolute Gasteiger partial charge is 0.324 e. The highest BCUT2D eigenvalue weighted by atomic mass is 32.2. The van der Waals surface area contributed by atoms with Crippen LogP contribution >= 0.6 is 11.8 Å². The minimum Gasteiger partial charge on any atom is -0.454 e. The van der Waals surface area contributed by atoms with Crippen LogP contribution in [0.15, 0.2) is 65.6 Å². The lowest BCUT2D eigenvalue weighted by Crippen LogP contribution is -2.32. The monoisotopic (exact) mass is 359 g/mol. The standard InChI is InChI=1S/C19H21NO4S/c1-23-13-12-20-17(21)14-24-19(22)18(15-8-4-2-5-9-15)25-16-10-6-3-7-11-16/h2-11,18H,12-14H2,1H3,(H,20,21)/t18-/m1/s1. The van der Waals surface area contributed by atoms with Crippen molar-refractivity contribution in [3.63, 3.8) is 0 Å². The van der Waals surface area contributed by atoms with Gasteiger partial charge in [0.2, 0.25) is 0 Å². The highest BCUT2D eigenvalue weighted by Gasteiger charge is 2.24. The fourth-order valence-corrected chi connectivity index (χ4v) is 3.12. The van der Waals surface area contributed by atoms with Gasteiger partial charge in [0.25, 0.3) is 5.91 Å². The van der Waals surface area contributed by atoms with Gasteiger partial charge in [0.1, 0.15) is 5.25 Å². The quantitative estimate of drug-likeness (QED) is 0.424. The first kappa shape index (κ1) is 19.0. The maximum Gasteiger partial charge on any atom is 0.324 e. The minimum absolute atomic E-state index is 0.304. The summed E-state index contributed by atoms with van der Waals surface area (Å²) >= 11 is 1.40. The van der Waals surface area contributed by atoms with E-state index in [4.69, 9.17) is 9.47 Å². The van der Waals surface area contributed by atoms with Gasteiger partial charge in [0.15, 0.2) is 6.61 Å². The van der Waals surface area contributed by atoms with Gasteiger partial charge in [-0.2, -0.15) is 0 Å². The molecule has 132 valence electrons. The minimum atomic E-state index is -0.532. The van der Waals surface area contributed by atoms with E-state index in [2.05, 4.69) is 5.32 Å². The van der Waals surface area contributed by atoms with Gasteiger partial charge < -0.3 is 14.8 Å². The van der Waals surface area contributed by atoms with E-state index in [1.165, 1.54) is 11.8 Å². The Morgan fingerprint density at radius 2 is 1.68 bits per heavy atom.